The first-order valence-electron chi connectivity index (χ1n) is 4.60. The second-order valence-corrected chi connectivity index (χ2v) is 4.25. The van der Waals surface area contributed by atoms with Crippen LogP contribution in [0.3, 0.4) is 0 Å². The van der Waals surface area contributed by atoms with Crippen molar-refractivity contribution in [3.63, 3.8) is 0 Å². The Morgan fingerprint density at radius 3 is 2.64 bits per heavy atom. The van der Waals surface area contributed by atoms with E-state index in [0.29, 0.717) is 0 Å². The third-order valence-electron chi connectivity index (χ3n) is 2.15. The fourth-order valence-electron chi connectivity index (χ4n) is 1.39. The monoisotopic (exact) mass is 204 g/mol. The van der Waals surface area contributed by atoms with Crippen LogP contribution < -0.4 is 5.73 Å². The molecule has 0 saturated heterocycles. The van der Waals surface area contributed by atoms with Gasteiger partial charge in [0.25, 0.3) is 0 Å². The lowest BCUT2D eigenvalue weighted by atomic mass is 10.1. The van der Waals surface area contributed by atoms with Crippen LogP contribution >= 0.6 is 11.3 Å². The molecule has 3 heteroatoms. The topological polar surface area (TPSA) is 38.9 Å². The SMILES string of the molecule is CCc1cc(-c2ccncc2)c(N)s1. The Kier molecular flexibility index (Phi) is 2.50. The Balaban J connectivity index is 2.46. The fraction of sp³-hybridized carbons (Fsp3) is 0.182. The highest BCUT2D eigenvalue weighted by atomic mass is 32.1. The van der Waals surface area contributed by atoms with Gasteiger partial charge in [0.05, 0.1) is 5.00 Å². The average molecular weight is 204 g/mol. The van der Waals surface area contributed by atoms with Crippen molar-refractivity contribution >= 4 is 16.3 Å². The van der Waals surface area contributed by atoms with E-state index in [9.17, 15) is 0 Å². The van der Waals surface area contributed by atoms with Crippen LogP contribution in [0.5, 0.6) is 0 Å². The van der Waals surface area contributed by atoms with Crippen molar-refractivity contribution in [3.05, 3.63) is 35.5 Å². The summed E-state index contributed by atoms with van der Waals surface area (Å²) >= 11 is 1.67. The van der Waals surface area contributed by atoms with Crippen LogP contribution in [-0.4, -0.2) is 4.98 Å². The van der Waals surface area contributed by atoms with E-state index in [0.717, 1.165) is 22.5 Å². The molecule has 0 atom stereocenters. The van der Waals surface area contributed by atoms with Gasteiger partial charge in [0.15, 0.2) is 0 Å². The zero-order chi connectivity index (χ0) is 9.97. The summed E-state index contributed by atoms with van der Waals surface area (Å²) in [5, 5.41) is 0.896. The summed E-state index contributed by atoms with van der Waals surface area (Å²) in [5.74, 6) is 0. The molecule has 72 valence electrons. The molecule has 2 aromatic rings. The zero-order valence-electron chi connectivity index (χ0n) is 8.03. The molecule has 0 aromatic carbocycles. The molecule has 0 radical (unpaired) electrons. The predicted octanol–water partition coefficient (Wildman–Crippen LogP) is 2.95. The summed E-state index contributed by atoms with van der Waals surface area (Å²) in [6, 6.07) is 6.13. The van der Waals surface area contributed by atoms with Crippen molar-refractivity contribution in [1.29, 1.82) is 0 Å². The molecular weight excluding hydrogens is 192 g/mol. The van der Waals surface area contributed by atoms with Gasteiger partial charge in [-0.05, 0) is 30.2 Å². The Bertz CT molecular complexity index is 420. The number of anilines is 1. The third kappa shape index (κ3) is 1.63. The number of hydrogen-bond donors (Lipinski definition) is 1. The average Bonchev–Trinajstić information content (AvgIpc) is 2.61. The minimum atomic E-state index is 0.896. The number of pyridine rings is 1. The standard InChI is InChI=1S/C11H12N2S/c1-2-9-7-10(11(12)14-9)8-3-5-13-6-4-8/h3-7H,2,12H2,1H3. The van der Waals surface area contributed by atoms with Crippen LogP contribution in [-0.2, 0) is 6.42 Å². The van der Waals surface area contributed by atoms with Crippen LogP contribution in [0.4, 0.5) is 5.00 Å². The van der Waals surface area contributed by atoms with Gasteiger partial charge in [0, 0.05) is 22.8 Å². The summed E-state index contributed by atoms with van der Waals surface area (Å²) in [4.78, 5) is 5.32. The number of aryl methyl sites for hydroxylation is 1. The molecule has 0 saturated carbocycles. The van der Waals surface area contributed by atoms with E-state index in [1.165, 1.54) is 4.88 Å². The van der Waals surface area contributed by atoms with Crippen molar-refractivity contribution in [1.82, 2.24) is 4.98 Å². The molecule has 0 amide bonds. The van der Waals surface area contributed by atoms with E-state index < -0.39 is 0 Å². The van der Waals surface area contributed by atoms with E-state index in [-0.39, 0.29) is 0 Å². The minimum Gasteiger partial charge on any atom is -0.390 e. The van der Waals surface area contributed by atoms with Gasteiger partial charge in [-0.3, -0.25) is 4.98 Å². The number of rotatable bonds is 2. The maximum Gasteiger partial charge on any atom is 0.0938 e. The Hall–Kier alpha value is -1.35. The molecule has 0 aliphatic rings. The summed E-state index contributed by atoms with van der Waals surface area (Å²) in [7, 11) is 0. The number of nitrogen functional groups attached to an aromatic ring is 1. The molecule has 2 N–H and O–H groups in total. The summed E-state index contributed by atoms with van der Waals surface area (Å²) < 4.78 is 0. The smallest absolute Gasteiger partial charge is 0.0938 e. The molecule has 14 heavy (non-hydrogen) atoms. The highest BCUT2D eigenvalue weighted by Crippen LogP contribution is 2.33. The van der Waals surface area contributed by atoms with Gasteiger partial charge in [-0.2, -0.15) is 0 Å². The van der Waals surface area contributed by atoms with Crippen molar-refractivity contribution < 1.29 is 0 Å². The lowest BCUT2D eigenvalue weighted by Gasteiger charge is -1.97. The molecule has 0 aliphatic carbocycles. The highest BCUT2D eigenvalue weighted by Gasteiger charge is 2.06. The third-order valence-corrected chi connectivity index (χ3v) is 3.26. The van der Waals surface area contributed by atoms with Crippen LogP contribution in [0, 0.1) is 0 Å². The molecule has 0 fully saturated rings. The molecule has 2 heterocycles. The first kappa shape index (κ1) is 9.21. The summed E-state index contributed by atoms with van der Waals surface area (Å²) in [5.41, 5.74) is 8.23. The van der Waals surface area contributed by atoms with Gasteiger partial charge in [0.2, 0.25) is 0 Å². The van der Waals surface area contributed by atoms with Gasteiger partial charge in [0.1, 0.15) is 0 Å². The summed E-state index contributed by atoms with van der Waals surface area (Å²) in [6.45, 7) is 2.14. The molecule has 0 bridgehead atoms. The van der Waals surface area contributed by atoms with E-state index in [1.807, 2.05) is 12.1 Å². The molecule has 2 rings (SSSR count). The van der Waals surface area contributed by atoms with E-state index in [1.54, 1.807) is 23.7 Å². The number of nitrogens with zero attached hydrogens (tertiary/aromatic N) is 1. The van der Waals surface area contributed by atoms with Gasteiger partial charge in [-0.15, -0.1) is 11.3 Å². The van der Waals surface area contributed by atoms with Crippen molar-refractivity contribution in [2.45, 2.75) is 13.3 Å². The van der Waals surface area contributed by atoms with E-state index >= 15 is 0 Å². The fourth-order valence-corrected chi connectivity index (χ4v) is 2.28. The lowest BCUT2D eigenvalue weighted by Crippen LogP contribution is -1.83. The maximum absolute atomic E-state index is 5.95. The number of hydrogen-bond acceptors (Lipinski definition) is 3. The Morgan fingerprint density at radius 2 is 2.07 bits per heavy atom. The predicted molar refractivity (Wildman–Crippen MR) is 61.3 cm³/mol. The van der Waals surface area contributed by atoms with Crippen molar-refractivity contribution in [2.24, 2.45) is 0 Å². The maximum atomic E-state index is 5.95. The van der Waals surface area contributed by atoms with E-state index in [4.69, 9.17) is 5.73 Å². The van der Waals surface area contributed by atoms with Crippen LogP contribution in [0.1, 0.15) is 11.8 Å². The molecular formula is C11H12N2S. The number of nitrogens with two attached hydrogens (primary N) is 1. The molecule has 2 nitrogen and oxygen atoms in total. The molecule has 0 spiro atoms. The zero-order valence-corrected chi connectivity index (χ0v) is 8.84. The van der Waals surface area contributed by atoms with Crippen molar-refractivity contribution in [2.75, 3.05) is 5.73 Å². The largest absolute Gasteiger partial charge is 0.390 e. The highest BCUT2D eigenvalue weighted by molar-refractivity contribution is 7.16. The lowest BCUT2D eigenvalue weighted by molar-refractivity contribution is 1.19. The van der Waals surface area contributed by atoms with E-state index in [2.05, 4.69) is 18.0 Å². The summed E-state index contributed by atoms with van der Waals surface area (Å²) in [6.07, 6.45) is 4.62. The van der Waals surface area contributed by atoms with Gasteiger partial charge >= 0.3 is 0 Å². The first-order chi connectivity index (χ1) is 6.81. The van der Waals surface area contributed by atoms with Crippen molar-refractivity contribution in [3.8, 4) is 11.1 Å². The van der Waals surface area contributed by atoms with Gasteiger partial charge in [-0.25, -0.2) is 0 Å². The second-order valence-electron chi connectivity index (χ2n) is 3.08. The molecule has 0 aliphatic heterocycles. The van der Waals surface area contributed by atoms with Gasteiger partial charge < -0.3 is 5.73 Å². The van der Waals surface area contributed by atoms with Crippen LogP contribution in [0.15, 0.2) is 30.6 Å². The van der Waals surface area contributed by atoms with Gasteiger partial charge in [-0.1, -0.05) is 6.92 Å². The number of aromatic nitrogens is 1. The Morgan fingerprint density at radius 1 is 1.36 bits per heavy atom. The quantitative estimate of drug-likeness (QED) is 0.816. The molecule has 2 aromatic heterocycles. The van der Waals surface area contributed by atoms with Crippen LogP contribution in [0.25, 0.3) is 11.1 Å². The second kappa shape index (κ2) is 3.80. The number of thiophene rings is 1. The van der Waals surface area contributed by atoms with Crippen LogP contribution in [0.2, 0.25) is 0 Å². The Labute approximate surface area is 87.4 Å². The normalized spacial score (nSPS) is 10.4. The minimum absolute atomic E-state index is 0.896. The molecule has 0 unspecified atom stereocenters. The first-order valence-corrected chi connectivity index (χ1v) is 5.41.